The standard InChI is InChI=1S/C19H13N3O7S/c1-8-20-15(24)13-11(14(19(27)28-2)30-16(13)21-8)7-12(23)29-22-17(25)9-5-3-4-6-10(9)18(22)26/h3-6H,7H2,1-2H3,(H,20,21,24). The Hall–Kier alpha value is -3.86. The summed E-state index contributed by atoms with van der Waals surface area (Å²) < 4.78 is 4.73. The largest absolute Gasteiger partial charge is 0.465 e. The van der Waals surface area contributed by atoms with Gasteiger partial charge in [-0.05, 0) is 19.1 Å². The number of hydrogen-bond donors (Lipinski definition) is 1. The molecule has 0 radical (unpaired) electrons. The highest BCUT2D eigenvalue weighted by Gasteiger charge is 2.39. The predicted molar refractivity (Wildman–Crippen MR) is 103 cm³/mol. The molecule has 11 heteroatoms. The van der Waals surface area contributed by atoms with Gasteiger partial charge < -0.3 is 14.6 Å². The molecule has 2 amide bonds. The van der Waals surface area contributed by atoms with Crippen LogP contribution in [0.4, 0.5) is 0 Å². The summed E-state index contributed by atoms with van der Waals surface area (Å²) in [5, 5.41) is 0.414. The number of amides is 2. The Morgan fingerprint density at radius 2 is 1.77 bits per heavy atom. The summed E-state index contributed by atoms with van der Waals surface area (Å²) in [5.41, 5.74) is -0.255. The molecule has 30 heavy (non-hydrogen) atoms. The van der Waals surface area contributed by atoms with Crippen LogP contribution in [0, 0.1) is 6.92 Å². The van der Waals surface area contributed by atoms with Crippen LogP contribution in [0.2, 0.25) is 0 Å². The Morgan fingerprint density at radius 1 is 1.13 bits per heavy atom. The quantitative estimate of drug-likeness (QED) is 0.487. The number of H-pyrrole nitrogens is 1. The van der Waals surface area contributed by atoms with Crippen molar-refractivity contribution in [3.05, 3.63) is 62.0 Å². The number of esters is 1. The van der Waals surface area contributed by atoms with Crippen LogP contribution in [0.3, 0.4) is 0 Å². The molecule has 10 nitrogen and oxygen atoms in total. The first-order valence-electron chi connectivity index (χ1n) is 8.61. The van der Waals surface area contributed by atoms with Crippen molar-refractivity contribution in [2.24, 2.45) is 0 Å². The Balaban J connectivity index is 1.67. The Labute approximate surface area is 172 Å². The fourth-order valence-corrected chi connectivity index (χ4v) is 4.28. The first-order chi connectivity index (χ1) is 14.3. The van der Waals surface area contributed by atoms with E-state index < -0.39 is 35.7 Å². The maximum absolute atomic E-state index is 12.5. The van der Waals surface area contributed by atoms with Crippen molar-refractivity contribution in [2.75, 3.05) is 7.11 Å². The lowest BCUT2D eigenvalue weighted by atomic mass is 10.1. The molecule has 0 unspecified atom stereocenters. The van der Waals surface area contributed by atoms with E-state index in [1.807, 2.05) is 0 Å². The lowest BCUT2D eigenvalue weighted by molar-refractivity contribution is -0.167. The van der Waals surface area contributed by atoms with Crippen LogP contribution in [0.15, 0.2) is 29.1 Å². The zero-order chi connectivity index (χ0) is 21.6. The first-order valence-corrected chi connectivity index (χ1v) is 9.42. The van der Waals surface area contributed by atoms with E-state index in [2.05, 4.69) is 9.97 Å². The van der Waals surface area contributed by atoms with Gasteiger partial charge in [0.1, 0.15) is 15.5 Å². The summed E-state index contributed by atoms with van der Waals surface area (Å²) in [5.74, 6) is -2.97. The summed E-state index contributed by atoms with van der Waals surface area (Å²) in [6.07, 6.45) is -0.550. The van der Waals surface area contributed by atoms with E-state index in [1.54, 1.807) is 19.1 Å². The number of thiophene rings is 1. The number of aromatic amines is 1. The second-order valence-electron chi connectivity index (χ2n) is 6.32. The van der Waals surface area contributed by atoms with Gasteiger partial charge >= 0.3 is 11.9 Å². The van der Waals surface area contributed by atoms with E-state index in [1.165, 1.54) is 12.1 Å². The van der Waals surface area contributed by atoms with Crippen LogP contribution in [-0.2, 0) is 20.8 Å². The summed E-state index contributed by atoms with van der Waals surface area (Å²) >= 11 is 0.900. The number of nitrogens with one attached hydrogen (secondary N) is 1. The monoisotopic (exact) mass is 427 g/mol. The van der Waals surface area contributed by atoms with Gasteiger partial charge in [0.15, 0.2) is 0 Å². The minimum absolute atomic E-state index is 0.00964. The number of benzene rings is 1. The third kappa shape index (κ3) is 3.05. The van der Waals surface area contributed by atoms with Gasteiger partial charge in [-0.25, -0.2) is 14.6 Å². The SMILES string of the molecule is COC(=O)c1sc2nc(C)[nH]c(=O)c2c1CC(=O)ON1C(=O)c2ccccc2C1=O. The molecule has 0 saturated heterocycles. The van der Waals surface area contributed by atoms with Crippen molar-refractivity contribution in [3.8, 4) is 0 Å². The number of aryl methyl sites for hydroxylation is 1. The first kappa shape index (κ1) is 19.5. The molecule has 0 atom stereocenters. The second-order valence-corrected chi connectivity index (χ2v) is 7.32. The van der Waals surface area contributed by atoms with Gasteiger partial charge in [-0.15, -0.1) is 11.3 Å². The fraction of sp³-hybridized carbons (Fsp3) is 0.158. The minimum Gasteiger partial charge on any atom is -0.465 e. The van der Waals surface area contributed by atoms with Gasteiger partial charge in [-0.3, -0.25) is 14.4 Å². The van der Waals surface area contributed by atoms with Crippen LogP contribution < -0.4 is 5.56 Å². The maximum Gasteiger partial charge on any atom is 0.348 e. The van der Waals surface area contributed by atoms with E-state index in [-0.39, 0.29) is 31.8 Å². The number of aromatic nitrogens is 2. The smallest absolute Gasteiger partial charge is 0.348 e. The molecule has 0 saturated carbocycles. The van der Waals surface area contributed by atoms with Gasteiger partial charge in [0.2, 0.25) is 0 Å². The van der Waals surface area contributed by atoms with E-state index >= 15 is 0 Å². The number of hydroxylamine groups is 2. The highest BCUT2D eigenvalue weighted by molar-refractivity contribution is 7.20. The van der Waals surface area contributed by atoms with Crippen LogP contribution in [0.1, 0.15) is 41.8 Å². The molecule has 0 bridgehead atoms. The number of rotatable bonds is 4. The fourth-order valence-electron chi connectivity index (χ4n) is 3.13. The average Bonchev–Trinajstić information content (AvgIpc) is 3.18. The van der Waals surface area contributed by atoms with Gasteiger partial charge in [0.25, 0.3) is 17.4 Å². The number of carbonyl (C=O) groups excluding carboxylic acids is 4. The molecule has 1 N–H and O–H groups in total. The molecular formula is C19H13N3O7S. The number of ether oxygens (including phenoxy) is 1. The van der Waals surface area contributed by atoms with Crippen LogP contribution in [0.25, 0.3) is 10.2 Å². The predicted octanol–water partition coefficient (Wildman–Crippen LogP) is 1.38. The van der Waals surface area contributed by atoms with Gasteiger partial charge in [0, 0.05) is 5.56 Å². The molecule has 0 aliphatic carbocycles. The average molecular weight is 427 g/mol. The normalized spacial score (nSPS) is 12.9. The topological polar surface area (TPSA) is 136 Å². The van der Waals surface area contributed by atoms with Crippen molar-refractivity contribution in [2.45, 2.75) is 13.3 Å². The number of nitrogens with zero attached hydrogens (tertiary/aromatic N) is 2. The molecule has 0 fully saturated rings. The molecule has 152 valence electrons. The van der Waals surface area contributed by atoms with Gasteiger partial charge in [-0.1, -0.05) is 17.2 Å². The van der Waals surface area contributed by atoms with Crippen LogP contribution >= 0.6 is 11.3 Å². The maximum atomic E-state index is 12.5. The molecule has 1 aromatic carbocycles. The zero-order valence-electron chi connectivity index (χ0n) is 15.7. The molecular weight excluding hydrogens is 414 g/mol. The van der Waals surface area contributed by atoms with Crippen LogP contribution in [-0.4, -0.2) is 45.9 Å². The van der Waals surface area contributed by atoms with E-state index in [0.29, 0.717) is 10.9 Å². The molecule has 1 aliphatic heterocycles. The minimum atomic E-state index is -1.01. The Bertz CT molecular complexity index is 1270. The molecule has 4 rings (SSSR count). The van der Waals surface area contributed by atoms with E-state index in [0.717, 1.165) is 18.4 Å². The lowest BCUT2D eigenvalue weighted by Gasteiger charge is -2.12. The van der Waals surface area contributed by atoms with E-state index in [4.69, 9.17) is 9.57 Å². The third-order valence-electron chi connectivity index (χ3n) is 4.42. The number of fused-ring (bicyclic) bond motifs is 2. The zero-order valence-corrected chi connectivity index (χ0v) is 16.5. The summed E-state index contributed by atoms with van der Waals surface area (Å²) in [7, 11) is 1.16. The van der Waals surface area contributed by atoms with Crippen LogP contribution in [0.5, 0.6) is 0 Å². The number of hydrogen-bond acceptors (Lipinski definition) is 9. The molecule has 2 aromatic heterocycles. The molecule has 3 heterocycles. The number of methoxy groups -OCH3 is 1. The van der Waals surface area contributed by atoms with Crippen molar-refractivity contribution < 1.29 is 28.8 Å². The van der Waals surface area contributed by atoms with Crippen molar-refractivity contribution >= 4 is 45.3 Å². The summed E-state index contributed by atoms with van der Waals surface area (Å²) in [4.78, 5) is 73.8. The van der Waals surface area contributed by atoms with E-state index in [9.17, 15) is 24.0 Å². The second kappa shape index (κ2) is 7.19. The molecule has 1 aliphatic rings. The lowest BCUT2D eigenvalue weighted by Crippen LogP contribution is -2.33. The highest BCUT2D eigenvalue weighted by atomic mass is 32.1. The summed E-state index contributed by atoms with van der Waals surface area (Å²) in [6.45, 7) is 1.58. The van der Waals surface area contributed by atoms with Crippen molar-refractivity contribution in [1.82, 2.24) is 15.0 Å². The van der Waals surface area contributed by atoms with Crippen molar-refractivity contribution in [1.29, 1.82) is 0 Å². The Morgan fingerprint density at radius 3 is 2.37 bits per heavy atom. The number of imide groups is 1. The molecule has 3 aromatic rings. The summed E-state index contributed by atoms with van der Waals surface area (Å²) in [6, 6.07) is 6.05. The number of carbonyl (C=O) groups is 4. The van der Waals surface area contributed by atoms with Gasteiger partial charge in [0.05, 0.1) is 30.0 Å². The highest BCUT2D eigenvalue weighted by Crippen LogP contribution is 2.30. The Kier molecular flexibility index (Phi) is 4.66. The third-order valence-corrected chi connectivity index (χ3v) is 5.53. The van der Waals surface area contributed by atoms with Gasteiger partial charge in [-0.2, -0.15) is 0 Å². The molecule has 0 spiro atoms. The van der Waals surface area contributed by atoms with Crippen molar-refractivity contribution in [3.63, 3.8) is 0 Å².